The molecular formula is C24H21NO3. The molecule has 0 fully saturated rings. The van der Waals surface area contributed by atoms with Crippen molar-refractivity contribution in [1.29, 1.82) is 0 Å². The van der Waals surface area contributed by atoms with Gasteiger partial charge >= 0.3 is 5.97 Å². The Morgan fingerprint density at radius 2 is 1.75 bits per heavy atom. The Morgan fingerprint density at radius 3 is 2.54 bits per heavy atom. The summed E-state index contributed by atoms with van der Waals surface area (Å²) in [7, 11) is 1.70. The highest BCUT2D eigenvalue weighted by atomic mass is 16.5. The second kappa shape index (κ2) is 6.41. The second-order valence-electron chi connectivity index (χ2n) is 7.52. The molecule has 1 aliphatic heterocycles. The molecular weight excluding hydrogens is 350 g/mol. The van der Waals surface area contributed by atoms with Gasteiger partial charge in [0, 0.05) is 17.2 Å². The van der Waals surface area contributed by atoms with Crippen molar-refractivity contribution in [2.24, 2.45) is 5.92 Å². The van der Waals surface area contributed by atoms with E-state index < -0.39 is 5.97 Å². The fourth-order valence-corrected chi connectivity index (χ4v) is 4.93. The summed E-state index contributed by atoms with van der Waals surface area (Å²) in [5, 5.41) is 13.2. The van der Waals surface area contributed by atoms with Crippen molar-refractivity contribution >= 4 is 11.7 Å². The zero-order valence-corrected chi connectivity index (χ0v) is 15.6. The molecule has 4 heteroatoms. The summed E-state index contributed by atoms with van der Waals surface area (Å²) < 4.78 is 5.64. The van der Waals surface area contributed by atoms with Crippen molar-refractivity contribution in [3.05, 3.63) is 94.5 Å². The van der Waals surface area contributed by atoms with Crippen LogP contribution in [-0.4, -0.2) is 18.2 Å². The lowest BCUT2D eigenvalue weighted by Crippen LogP contribution is -2.30. The Kier molecular flexibility index (Phi) is 3.86. The monoisotopic (exact) mass is 371 g/mol. The molecule has 0 saturated heterocycles. The van der Waals surface area contributed by atoms with Crippen molar-refractivity contribution in [2.75, 3.05) is 12.4 Å². The number of benzene rings is 3. The molecule has 0 unspecified atom stereocenters. The van der Waals surface area contributed by atoms with Gasteiger partial charge in [-0.15, -0.1) is 0 Å². The highest BCUT2D eigenvalue weighted by Crippen LogP contribution is 2.54. The molecule has 4 nitrogen and oxygen atoms in total. The molecule has 5 rings (SSSR count). The van der Waals surface area contributed by atoms with Gasteiger partial charge in [0.25, 0.3) is 0 Å². The predicted octanol–water partition coefficient (Wildman–Crippen LogP) is 4.86. The van der Waals surface area contributed by atoms with Crippen LogP contribution in [0, 0.1) is 5.92 Å². The van der Waals surface area contributed by atoms with Gasteiger partial charge in [-0.1, -0.05) is 42.5 Å². The van der Waals surface area contributed by atoms with Crippen LogP contribution in [0.4, 0.5) is 5.69 Å². The molecule has 0 aromatic heterocycles. The fraction of sp³-hybridized carbons (Fsp3) is 0.208. The average molecular weight is 371 g/mol. The van der Waals surface area contributed by atoms with E-state index in [9.17, 15) is 9.90 Å². The second-order valence-corrected chi connectivity index (χ2v) is 7.52. The third-order valence-electron chi connectivity index (χ3n) is 6.12. The molecule has 28 heavy (non-hydrogen) atoms. The van der Waals surface area contributed by atoms with E-state index in [0.29, 0.717) is 11.5 Å². The first-order valence-corrected chi connectivity index (χ1v) is 9.52. The Balaban J connectivity index is 1.70. The van der Waals surface area contributed by atoms with Crippen LogP contribution in [0.3, 0.4) is 0 Å². The highest BCUT2D eigenvalue weighted by molar-refractivity contribution is 5.89. The van der Waals surface area contributed by atoms with Crippen LogP contribution in [0.25, 0.3) is 0 Å². The molecule has 1 heterocycles. The van der Waals surface area contributed by atoms with E-state index >= 15 is 0 Å². The first-order chi connectivity index (χ1) is 13.7. The lowest BCUT2D eigenvalue weighted by Gasteiger charge is -2.38. The lowest BCUT2D eigenvalue weighted by atomic mass is 9.75. The van der Waals surface area contributed by atoms with Crippen LogP contribution in [0.15, 0.2) is 66.7 Å². The minimum Gasteiger partial charge on any atom is -0.496 e. The maximum atomic E-state index is 11.6. The van der Waals surface area contributed by atoms with Crippen LogP contribution < -0.4 is 10.1 Å². The van der Waals surface area contributed by atoms with Crippen LogP contribution >= 0.6 is 0 Å². The van der Waals surface area contributed by atoms with E-state index in [4.69, 9.17) is 4.74 Å². The molecule has 2 aliphatic rings. The van der Waals surface area contributed by atoms with Crippen molar-refractivity contribution in [1.82, 2.24) is 0 Å². The van der Waals surface area contributed by atoms with E-state index in [1.807, 2.05) is 30.3 Å². The molecule has 0 saturated carbocycles. The third kappa shape index (κ3) is 2.48. The number of para-hydroxylation sites is 1. The number of methoxy groups -OCH3 is 1. The highest BCUT2D eigenvalue weighted by Gasteiger charge is 2.44. The summed E-state index contributed by atoms with van der Waals surface area (Å²) in [6, 6.07) is 22.2. The topological polar surface area (TPSA) is 58.6 Å². The number of carbonyl (C=O) groups is 1. The molecule has 140 valence electrons. The molecule has 2 N–H and O–H groups in total. The van der Waals surface area contributed by atoms with Gasteiger partial charge in [0.2, 0.25) is 0 Å². The summed E-state index contributed by atoms with van der Waals surface area (Å²) in [5.41, 5.74) is 6.19. The van der Waals surface area contributed by atoms with Gasteiger partial charge in [0.1, 0.15) is 5.75 Å². The van der Waals surface area contributed by atoms with Gasteiger partial charge in [0.15, 0.2) is 0 Å². The summed E-state index contributed by atoms with van der Waals surface area (Å²) in [5.74, 6) is 0.449. The number of hydrogen-bond donors (Lipinski definition) is 2. The number of aromatic carboxylic acids is 1. The van der Waals surface area contributed by atoms with E-state index in [1.54, 1.807) is 13.2 Å². The summed E-state index contributed by atoms with van der Waals surface area (Å²) in [4.78, 5) is 11.6. The number of fused-ring (bicyclic) bond motifs is 5. The van der Waals surface area contributed by atoms with E-state index in [0.717, 1.165) is 29.0 Å². The van der Waals surface area contributed by atoms with Crippen molar-refractivity contribution in [3.63, 3.8) is 0 Å². The SMILES string of the molecule is COc1ccccc1[C@@H]1Nc2ccc(C(=O)O)cc2[C@@H]2c3ccccc3C[C@H]21. The van der Waals surface area contributed by atoms with Crippen LogP contribution in [0.2, 0.25) is 0 Å². The molecule has 3 atom stereocenters. The number of carboxylic acid groups (broad SMARTS) is 1. The first-order valence-electron chi connectivity index (χ1n) is 9.52. The van der Waals surface area contributed by atoms with Gasteiger partial charge in [-0.05, 0) is 53.3 Å². The zero-order chi connectivity index (χ0) is 19.3. The minimum absolute atomic E-state index is 0.0942. The molecule has 3 aromatic carbocycles. The van der Waals surface area contributed by atoms with Crippen molar-refractivity contribution in [3.8, 4) is 5.75 Å². The Morgan fingerprint density at radius 1 is 1.00 bits per heavy atom. The fourth-order valence-electron chi connectivity index (χ4n) is 4.93. The number of nitrogens with one attached hydrogen (secondary N) is 1. The molecule has 3 aromatic rings. The number of ether oxygens (including phenoxy) is 1. The normalized spacial score (nSPS) is 21.8. The third-order valence-corrected chi connectivity index (χ3v) is 6.12. The van der Waals surface area contributed by atoms with Gasteiger partial charge in [-0.25, -0.2) is 4.79 Å². The van der Waals surface area contributed by atoms with E-state index in [2.05, 4.69) is 35.6 Å². The predicted molar refractivity (Wildman–Crippen MR) is 108 cm³/mol. The molecule has 0 amide bonds. The molecule has 0 spiro atoms. The number of anilines is 1. The smallest absolute Gasteiger partial charge is 0.335 e. The molecule has 0 radical (unpaired) electrons. The van der Waals surface area contributed by atoms with Gasteiger partial charge < -0.3 is 15.2 Å². The maximum Gasteiger partial charge on any atom is 0.335 e. The summed E-state index contributed by atoms with van der Waals surface area (Å²) >= 11 is 0. The van der Waals surface area contributed by atoms with Crippen LogP contribution in [-0.2, 0) is 6.42 Å². The van der Waals surface area contributed by atoms with Crippen LogP contribution in [0.1, 0.15) is 44.6 Å². The summed E-state index contributed by atoms with van der Waals surface area (Å²) in [6.45, 7) is 0. The quantitative estimate of drug-likeness (QED) is 0.690. The summed E-state index contributed by atoms with van der Waals surface area (Å²) in [6.07, 6.45) is 0.952. The Bertz CT molecular complexity index is 1070. The van der Waals surface area contributed by atoms with Gasteiger partial charge in [-0.3, -0.25) is 0 Å². The van der Waals surface area contributed by atoms with E-state index in [1.165, 1.54) is 11.1 Å². The van der Waals surface area contributed by atoms with Gasteiger partial charge in [-0.2, -0.15) is 0 Å². The van der Waals surface area contributed by atoms with Crippen molar-refractivity contribution < 1.29 is 14.6 Å². The largest absolute Gasteiger partial charge is 0.496 e. The zero-order valence-electron chi connectivity index (χ0n) is 15.6. The minimum atomic E-state index is -0.891. The van der Waals surface area contributed by atoms with E-state index in [-0.39, 0.29) is 12.0 Å². The average Bonchev–Trinajstić information content (AvgIpc) is 3.12. The van der Waals surface area contributed by atoms with Crippen molar-refractivity contribution in [2.45, 2.75) is 18.4 Å². The lowest BCUT2D eigenvalue weighted by molar-refractivity contribution is 0.0696. The molecule has 1 aliphatic carbocycles. The number of rotatable bonds is 3. The first kappa shape index (κ1) is 16.9. The molecule has 0 bridgehead atoms. The Hall–Kier alpha value is -3.27. The van der Waals surface area contributed by atoms with Crippen LogP contribution in [0.5, 0.6) is 5.75 Å². The van der Waals surface area contributed by atoms with Gasteiger partial charge in [0.05, 0.1) is 18.7 Å². The standard InChI is InChI=1S/C24H21NO3/c1-28-21-9-5-4-8-17(21)23-19-12-14-6-2-3-7-16(14)22(19)18-13-15(24(26)27)10-11-20(18)25-23/h2-11,13,19,22-23,25H,12H2,1H3,(H,26,27)/t19-,22+,23+/m1/s1. The number of carboxylic acids is 1. The number of hydrogen-bond acceptors (Lipinski definition) is 3. The maximum absolute atomic E-state index is 11.6. The Labute approximate surface area is 163 Å².